The predicted molar refractivity (Wildman–Crippen MR) is 69.1 cm³/mol. The van der Waals surface area contributed by atoms with Crippen LogP contribution in [0.4, 0.5) is 14.5 Å². The van der Waals surface area contributed by atoms with E-state index in [4.69, 9.17) is 4.74 Å². The minimum Gasteiger partial charge on any atom is -0.389 e. The van der Waals surface area contributed by atoms with E-state index in [-0.39, 0.29) is 19.3 Å². The summed E-state index contributed by atoms with van der Waals surface area (Å²) in [5, 5.41) is 12.5. The maximum atomic E-state index is 12.9. The highest BCUT2D eigenvalue weighted by Crippen LogP contribution is 2.21. The number of hydrogen-bond donors (Lipinski definition) is 2. The van der Waals surface area contributed by atoms with E-state index in [1.54, 1.807) is 0 Å². The van der Waals surface area contributed by atoms with Crippen LogP contribution in [0.15, 0.2) is 18.2 Å². The van der Waals surface area contributed by atoms with Gasteiger partial charge in [0.25, 0.3) is 0 Å². The Labute approximate surface area is 111 Å². The Morgan fingerprint density at radius 3 is 2.47 bits per heavy atom. The lowest BCUT2D eigenvalue weighted by Gasteiger charge is -2.16. The average molecular weight is 271 g/mol. The molecule has 1 aromatic carbocycles. The molecule has 1 saturated carbocycles. The molecule has 1 aliphatic carbocycles. The van der Waals surface area contributed by atoms with E-state index in [0.29, 0.717) is 5.69 Å². The Hall–Kier alpha value is -1.20. The van der Waals surface area contributed by atoms with Gasteiger partial charge in [0.1, 0.15) is 11.6 Å². The first-order chi connectivity index (χ1) is 9.13. The Kier molecular flexibility index (Phi) is 5.10. The lowest BCUT2D eigenvalue weighted by Crippen LogP contribution is -2.27. The number of anilines is 1. The minimum absolute atomic E-state index is 0.204. The molecular weight excluding hydrogens is 252 g/mol. The van der Waals surface area contributed by atoms with Crippen molar-refractivity contribution in [1.82, 2.24) is 0 Å². The van der Waals surface area contributed by atoms with Crippen LogP contribution >= 0.6 is 0 Å². The summed E-state index contributed by atoms with van der Waals surface area (Å²) in [7, 11) is 0. The van der Waals surface area contributed by atoms with Crippen molar-refractivity contribution >= 4 is 5.69 Å². The Bertz CT molecular complexity index is 388. The summed E-state index contributed by atoms with van der Waals surface area (Å²) < 4.78 is 31.4. The molecule has 106 valence electrons. The molecule has 0 bridgehead atoms. The van der Waals surface area contributed by atoms with Gasteiger partial charge >= 0.3 is 0 Å². The van der Waals surface area contributed by atoms with Crippen molar-refractivity contribution in [2.45, 2.75) is 37.9 Å². The zero-order valence-corrected chi connectivity index (χ0v) is 10.7. The summed E-state index contributed by atoms with van der Waals surface area (Å²) in [5.74, 6) is -1.28. The van der Waals surface area contributed by atoms with E-state index in [2.05, 4.69) is 5.32 Å². The highest BCUT2D eigenvalue weighted by Gasteiger charge is 2.16. The normalized spacial score (nSPS) is 17.6. The van der Waals surface area contributed by atoms with Gasteiger partial charge < -0.3 is 15.2 Å². The van der Waals surface area contributed by atoms with E-state index >= 15 is 0 Å². The monoisotopic (exact) mass is 271 g/mol. The van der Waals surface area contributed by atoms with Crippen molar-refractivity contribution in [1.29, 1.82) is 0 Å². The molecule has 0 heterocycles. The predicted octanol–water partition coefficient (Wildman–Crippen LogP) is 2.70. The third-order valence-electron chi connectivity index (χ3n) is 3.23. The van der Waals surface area contributed by atoms with Crippen molar-refractivity contribution in [2.24, 2.45) is 0 Å². The Balaban J connectivity index is 1.71. The molecule has 1 fully saturated rings. The molecule has 0 amide bonds. The first-order valence-corrected chi connectivity index (χ1v) is 6.63. The zero-order valence-electron chi connectivity index (χ0n) is 10.7. The van der Waals surface area contributed by atoms with E-state index in [1.165, 1.54) is 25.0 Å². The maximum absolute atomic E-state index is 12.9. The van der Waals surface area contributed by atoms with Crippen molar-refractivity contribution in [3.63, 3.8) is 0 Å². The summed E-state index contributed by atoms with van der Waals surface area (Å²) >= 11 is 0. The van der Waals surface area contributed by atoms with Crippen molar-refractivity contribution < 1.29 is 18.6 Å². The van der Waals surface area contributed by atoms with Crippen molar-refractivity contribution in [3.05, 3.63) is 29.8 Å². The molecule has 1 atom stereocenters. The fraction of sp³-hybridized carbons (Fsp3) is 0.571. The van der Waals surface area contributed by atoms with Gasteiger partial charge in [-0.05, 0) is 25.0 Å². The molecule has 0 saturated heterocycles. The molecule has 2 N–H and O–H groups in total. The number of aliphatic hydroxyl groups is 1. The first-order valence-electron chi connectivity index (χ1n) is 6.63. The second-order valence-electron chi connectivity index (χ2n) is 4.93. The third kappa shape index (κ3) is 4.76. The van der Waals surface area contributed by atoms with Crippen LogP contribution in [0, 0.1) is 11.6 Å². The van der Waals surface area contributed by atoms with Crippen LogP contribution in [-0.4, -0.2) is 30.5 Å². The Morgan fingerprint density at radius 1 is 1.21 bits per heavy atom. The van der Waals surface area contributed by atoms with Gasteiger partial charge in [0, 0.05) is 18.3 Å². The molecule has 0 spiro atoms. The van der Waals surface area contributed by atoms with Gasteiger partial charge in [-0.15, -0.1) is 0 Å². The summed E-state index contributed by atoms with van der Waals surface area (Å²) in [4.78, 5) is 0. The van der Waals surface area contributed by atoms with Gasteiger partial charge in [-0.25, -0.2) is 8.78 Å². The molecule has 0 radical (unpaired) electrons. The zero-order chi connectivity index (χ0) is 13.7. The lowest BCUT2D eigenvalue weighted by molar-refractivity contribution is -0.00117. The molecule has 1 aromatic rings. The molecule has 19 heavy (non-hydrogen) atoms. The molecule has 1 aliphatic rings. The smallest absolute Gasteiger partial charge is 0.128 e. The van der Waals surface area contributed by atoms with Crippen LogP contribution in [0.25, 0.3) is 0 Å². The first kappa shape index (κ1) is 14.2. The van der Waals surface area contributed by atoms with Crippen molar-refractivity contribution in [3.8, 4) is 0 Å². The quantitative estimate of drug-likeness (QED) is 0.836. The molecule has 0 aromatic heterocycles. The maximum Gasteiger partial charge on any atom is 0.128 e. The van der Waals surface area contributed by atoms with E-state index in [1.807, 2.05) is 0 Å². The highest BCUT2D eigenvalue weighted by molar-refractivity contribution is 5.43. The second kappa shape index (κ2) is 6.82. The number of aliphatic hydroxyl groups excluding tert-OH is 1. The number of rotatable bonds is 6. The molecule has 5 heteroatoms. The summed E-state index contributed by atoms with van der Waals surface area (Å²) in [6.45, 7) is 0.449. The van der Waals surface area contributed by atoms with Gasteiger partial charge in [0.2, 0.25) is 0 Å². The van der Waals surface area contributed by atoms with Gasteiger partial charge in [0.05, 0.1) is 18.8 Å². The number of hydrogen-bond acceptors (Lipinski definition) is 3. The average Bonchev–Trinajstić information content (AvgIpc) is 2.86. The van der Waals surface area contributed by atoms with Crippen LogP contribution in [0.1, 0.15) is 25.7 Å². The number of ether oxygens (including phenoxy) is 1. The minimum atomic E-state index is -0.688. The van der Waals surface area contributed by atoms with E-state index < -0.39 is 17.7 Å². The number of halogens is 2. The molecule has 3 nitrogen and oxygen atoms in total. The van der Waals surface area contributed by atoms with Gasteiger partial charge in [-0.3, -0.25) is 0 Å². The lowest BCUT2D eigenvalue weighted by atomic mass is 10.2. The SMILES string of the molecule is OC(CNc1cc(F)cc(F)c1)COC1CCCC1. The fourth-order valence-electron chi connectivity index (χ4n) is 2.25. The second-order valence-corrected chi connectivity index (χ2v) is 4.93. The van der Waals surface area contributed by atoms with Gasteiger partial charge in [-0.1, -0.05) is 12.8 Å². The standard InChI is InChI=1S/C14H19F2NO2/c15-10-5-11(16)7-12(6-10)17-8-13(18)9-19-14-3-1-2-4-14/h5-7,13-14,17-18H,1-4,8-9H2. The van der Waals surface area contributed by atoms with Crippen LogP contribution in [0.5, 0.6) is 0 Å². The van der Waals surface area contributed by atoms with Crippen LogP contribution in [0.3, 0.4) is 0 Å². The van der Waals surface area contributed by atoms with Crippen LogP contribution < -0.4 is 5.32 Å². The van der Waals surface area contributed by atoms with Crippen molar-refractivity contribution in [2.75, 3.05) is 18.5 Å². The fourth-order valence-corrected chi connectivity index (χ4v) is 2.25. The highest BCUT2D eigenvalue weighted by atomic mass is 19.1. The van der Waals surface area contributed by atoms with Gasteiger partial charge in [-0.2, -0.15) is 0 Å². The van der Waals surface area contributed by atoms with E-state index in [0.717, 1.165) is 18.9 Å². The van der Waals surface area contributed by atoms with Crippen LogP contribution in [0.2, 0.25) is 0 Å². The molecule has 1 unspecified atom stereocenters. The van der Waals surface area contributed by atoms with E-state index in [9.17, 15) is 13.9 Å². The molecule has 2 rings (SSSR count). The number of benzene rings is 1. The third-order valence-corrected chi connectivity index (χ3v) is 3.23. The molecule has 0 aliphatic heterocycles. The summed E-state index contributed by atoms with van der Waals surface area (Å²) in [6.07, 6.45) is 4.03. The largest absolute Gasteiger partial charge is 0.389 e. The Morgan fingerprint density at radius 2 is 1.84 bits per heavy atom. The summed E-state index contributed by atoms with van der Waals surface area (Å²) in [6, 6.07) is 3.19. The number of nitrogens with one attached hydrogen (secondary N) is 1. The van der Waals surface area contributed by atoms with Crippen LogP contribution in [-0.2, 0) is 4.74 Å². The molecular formula is C14H19F2NO2. The summed E-state index contributed by atoms with van der Waals surface area (Å²) in [5.41, 5.74) is 0.317. The van der Waals surface area contributed by atoms with Gasteiger partial charge in [0.15, 0.2) is 0 Å². The topological polar surface area (TPSA) is 41.5 Å².